The Hall–Kier alpha value is -2.01. The van der Waals surface area contributed by atoms with Gasteiger partial charge >= 0.3 is 6.01 Å². The molecule has 5 heteroatoms. The topological polar surface area (TPSA) is 61.0 Å². The van der Waals surface area contributed by atoms with Gasteiger partial charge in [-0.3, -0.25) is 0 Å². The molecule has 0 radical (unpaired) electrons. The summed E-state index contributed by atoms with van der Waals surface area (Å²) in [5.74, 6) is 0.778. The molecule has 1 aromatic heterocycles. The number of benzene rings is 1. The van der Waals surface area contributed by atoms with E-state index >= 15 is 0 Å². The van der Waals surface area contributed by atoms with Gasteiger partial charge in [0.2, 0.25) is 0 Å². The van der Waals surface area contributed by atoms with Crippen LogP contribution in [-0.4, -0.2) is 15.0 Å². The van der Waals surface area contributed by atoms with Gasteiger partial charge in [-0.15, -0.1) is 0 Å². The minimum Gasteiger partial charge on any atom is -0.424 e. The van der Waals surface area contributed by atoms with Crippen molar-refractivity contribution in [2.75, 3.05) is 0 Å². The van der Waals surface area contributed by atoms with E-state index in [0.717, 1.165) is 22.4 Å². The van der Waals surface area contributed by atoms with Crippen LogP contribution in [0.5, 0.6) is 11.8 Å². The van der Waals surface area contributed by atoms with Crippen molar-refractivity contribution in [2.24, 2.45) is 5.73 Å². The Morgan fingerprint density at radius 1 is 1.16 bits per heavy atom. The molecule has 1 aromatic carbocycles. The number of nitrogens with two attached hydrogens (primary N) is 1. The first-order valence-electron chi connectivity index (χ1n) is 5.86. The summed E-state index contributed by atoms with van der Waals surface area (Å²) in [6.45, 7) is 6.03. The van der Waals surface area contributed by atoms with Gasteiger partial charge in [-0.2, -0.15) is 4.98 Å². The molecule has 0 atom stereocenters. The van der Waals surface area contributed by atoms with Gasteiger partial charge in [-0.05, 0) is 43.5 Å². The molecule has 0 fully saturated rings. The minimum atomic E-state index is 0.227. The molecular formula is C14H15N3OS. The third kappa shape index (κ3) is 2.88. The molecule has 0 saturated heterocycles. The smallest absolute Gasteiger partial charge is 0.322 e. The van der Waals surface area contributed by atoms with Crippen LogP contribution < -0.4 is 10.5 Å². The second kappa shape index (κ2) is 5.32. The number of hydrogen-bond donors (Lipinski definition) is 1. The molecule has 0 aliphatic carbocycles. The highest BCUT2D eigenvalue weighted by Crippen LogP contribution is 2.28. The van der Waals surface area contributed by atoms with Crippen molar-refractivity contribution in [3.8, 4) is 11.8 Å². The van der Waals surface area contributed by atoms with Crippen LogP contribution in [0.1, 0.15) is 22.4 Å². The van der Waals surface area contributed by atoms with Gasteiger partial charge < -0.3 is 10.5 Å². The summed E-state index contributed by atoms with van der Waals surface area (Å²) in [7, 11) is 0. The number of nitrogens with zero attached hydrogens (tertiary/aromatic N) is 2. The predicted octanol–water partition coefficient (Wildman–Crippen LogP) is 2.83. The van der Waals surface area contributed by atoms with Crippen LogP contribution in [0.15, 0.2) is 24.4 Å². The highest BCUT2D eigenvalue weighted by Gasteiger charge is 2.10. The van der Waals surface area contributed by atoms with E-state index in [9.17, 15) is 0 Å². The van der Waals surface area contributed by atoms with Gasteiger partial charge in [0.25, 0.3) is 0 Å². The van der Waals surface area contributed by atoms with Crippen molar-refractivity contribution in [1.29, 1.82) is 0 Å². The minimum absolute atomic E-state index is 0.227. The van der Waals surface area contributed by atoms with E-state index in [1.54, 1.807) is 12.3 Å². The molecule has 0 saturated carbocycles. The molecule has 2 aromatic rings. The molecule has 4 nitrogen and oxygen atoms in total. The molecule has 19 heavy (non-hydrogen) atoms. The van der Waals surface area contributed by atoms with Gasteiger partial charge in [0.15, 0.2) is 0 Å². The highest BCUT2D eigenvalue weighted by atomic mass is 32.1. The fourth-order valence-corrected chi connectivity index (χ4v) is 1.81. The fraction of sp³-hybridized carbons (Fsp3) is 0.214. The lowest BCUT2D eigenvalue weighted by molar-refractivity contribution is 0.434. The fourth-order valence-electron chi connectivity index (χ4n) is 1.70. The number of rotatable bonds is 3. The first-order chi connectivity index (χ1) is 8.99. The van der Waals surface area contributed by atoms with Crippen molar-refractivity contribution in [1.82, 2.24) is 9.97 Å². The number of aryl methyl sites for hydroxylation is 2. The van der Waals surface area contributed by atoms with E-state index in [1.165, 1.54) is 0 Å². The van der Waals surface area contributed by atoms with E-state index in [4.69, 9.17) is 22.7 Å². The molecule has 0 spiro atoms. The van der Waals surface area contributed by atoms with Crippen molar-refractivity contribution in [3.63, 3.8) is 0 Å². The lowest BCUT2D eigenvalue weighted by Gasteiger charge is -2.12. The van der Waals surface area contributed by atoms with Gasteiger partial charge in [-0.25, -0.2) is 4.98 Å². The Balaban J connectivity index is 2.39. The zero-order valence-electron chi connectivity index (χ0n) is 11.1. The standard InChI is InChI=1S/C14H15N3OS/c1-8-4-5-9(2)12(10(8)3)18-14-16-7-6-11(17-14)13(15)19/h4-7H,1-3H3,(H2,15,19). The normalized spacial score (nSPS) is 10.3. The molecular weight excluding hydrogens is 258 g/mol. The summed E-state index contributed by atoms with van der Waals surface area (Å²) in [6, 6.07) is 5.98. The van der Waals surface area contributed by atoms with Crippen LogP contribution in [0.4, 0.5) is 0 Å². The van der Waals surface area contributed by atoms with E-state index in [2.05, 4.69) is 16.0 Å². The maximum Gasteiger partial charge on any atom is 0.322 e. The average Bonchev–Trinajstić information content (AvgIpc) is 2.39. The van der Waals surface area contributed by atoms with Crippen LogP contribution in [0.25, 0.3) is 0 Å². The van der Waals surface area contributed by atoms with E-state index in [-0.39, 0.29) is 11.0 Å². The van der Waals surface area contributed by atoms with Crippen molar-refractivity contribution in [3.05, 3.63) is 46.8 Å². The zero-order chi connectivity index (χ0) is 14.0. The van der Waals surface area contributed by atoms with Crippen LogP contribution >= 0.6 is 12.2 Å². The second-order valence-electron chi connectivity index (χ2n) is 4.34. The monoisotopic (exact) mass is 273 g/mol. The number of ether oxygens (including phenoxy) is 1. The third-order valence-corrected chi connectivity index (χ3v) is 3.16. The first-order valence-corrected chi connectivity index (χ1v) is 6.27. The van der Waals surface area contributed by atoms with E-state index in [0.29, 0.717) is 5.69 Å². The summed E-state index contributed by atoms with van der Waals surface area (Å²) in [5.41, 5.74) is 9.31. The average molecular weight is 273 g/mol. The lowest BCUT2D eigenvalue weighted by Crippen LogP contribution is -2.12. The van der Waals surface area contributed by atoms with E-state index in [1.807, 2.05) is 26.8 Å². The number of aromatic nitrogens is 2. The first kappa shape index (κ1) is 13.4. The quantitative estimate of drug-likeness (QED) is 0.871. The maximum atomic E-state index is 5.77. The Labute approximate surface area is 117 Å². The Kier molecular flexibility index (Phi) is 3.76. The van der Waals surface area contributed by atoms with Gasteiger partial charge in [0.05, 0.1) is 0 Å². The highest BCUT2D eigenvalue weighted by molar-refractivity contribution is 7.80. The maximum absolute atomic E-state index is 5.77. The van der Waals surface area contributed by atoms with Crippen molar-refractivity contribution in [2.45, 2.75) is 20.8 Å². The summed E-state index contributed by atoms with van der Waals surface area (Å²) in [5, 5.41) is 0. The van der Waals surface area contributed by atoms with Gasteiger partial charge in [-0.1, -0.05) is 24.4 Å². The molecule has 0 aliphatic heterocycles. The van der Waals surface area contributed by atoms with Crippen LogP contribution in [0.2, 0.25) is 0 Å². The van der Waals surface area contributed by atoms with Crippen LogP contribution in [0, 0.1) is 20.8 Å². The Morgan fingerprint density at radius 3 is 2.53 bits per heavy atom. The molecule has 98 valence electrons. The summed E-state index contributed by atoms with van der Waals surface area (Å²) < 4.78 is 5.77. The van der Waals surface area contributed by atoms with Gasteiger partial charge in [0.1, 0.15) is 16.4 Å². The summed E-state index contributed by atoms with van der Waals surface area (Å²) >= 11 is 4.89. The molecule has 0 aliphatic rings. The summed E-state index contributed by atoms with van der Waals surface area (Å²) in [4.78, 5) is 8.49. The van der Waals surface area contributed by atoms with Crippen molar-refractivity contribution >= 4 is 17.2 Å². The van der Waals surface area contributed by atoms with Gasteiger partial charge in [0, 0.05) is 6.20 Å². The zero-order valence-corrected chi connectivity index (χ0v) is 11.9. The molecule has 2 N–H and O–H groups in total. The molecule has 0 unspecified atom stereocenters. The molecule has 0 bridgehead atoms. The third-order valence-electron chi connectivity index (χ3n) is 2.95. The van der Waals surface area contributed by atoms with E-state index < -0.39 is 0 Å². The molecule has 0 amide bonds. The molecule has 1 heterocycles. The number of hydrogen-bond acceptors (Lipinski definition) is 4. The Bertz CT molecular complexity index is 641. The SMILES string of the molecule is Cc1ccc(C)c(Oc2nccc(C(N)=S)n2)c1C. The second-order valence-corrected chi connectivity index (χ2v) is 4.78. The van der Waals surface area contributed by atoms with Crippen LogP contribution in [0.3, 0.4) is 0 Å². The number of thiocarbonyl (C=S) groups is 1. The molecule has 2 rings (SSSR count). The van der Waals surface area contributed by atoms with Crippen molar-refractivity contribution < 1.29 is 4.74 Å². The largest absolute Gasteiger partial charge is 0.424 e. The van der Waals surface area contributed by atoms with Crippen LogP contribution in [-0.2, 0) is 0 Å². The predicted molar refractivity (Wildman–Crippen MR) is 78.6 cm³/mol. The Morgan fingerprint density at radius 2 is 1.84 bits per heavy atom. The summed E-state index contributed by atoms with van der Waals surface area (Å²) in [6.07, 6.45) is 1.58. The lowest BCUT2D eigenvalue weighted by atomic mass is 10.1.